The minimum Gasteiger partial charge on any atom is -0.465 e. The molecule has 3 heterocycles. The molecule has 0 unspecified atom stereocenters. The van der Waals surface area contributed by atoms with Crippen molar-refractivity contribution in [2.45, 2.75) is 37.5 Å². The summed E-state index contributed by atoms with van der Waals surface area (Å²) in [4.78, 5) is 23.5. The Morgan fingerprint density at radius 2 is 1.85 bits per heavy atom. The van der Waals surface area contributed by atoms with E-state index in [9.17, 15) is 13.2 Å². The number of rotatable bonds is 5. The number of aromatic nitrogens is 3. The van der Waals surface area contributed by atoms with Gasteiger partial charge in [-0.2, -0.15) is 0 Å². The molecule has 5 rings (SSSR count). The number of fused-ring (bicyclic) bond motifs is 1. The molecule has 10 heteroatoms. The largest absolute Gasteiger partial charge is 0.465 e. The third kappa shape index (κ3) is 3.92. The van der Waals surface area contributed by atoms with Crippen molar-refractivity contribution in [2.75, 3.05) is 25.0 Å². The van der Waals surface area contributed by atoms with Crippen LogP contribution in [0.4, 0.5) is 10.6 Å². The molecule has 1 saturated heterocycles. The van der Waals surface area contributed by atoms with E-state index in [1.54, 1.807) is 24.4 Å². The SMILES string of the molecule is CN(c1ncnc2c1ccn2S(=O)(=O)Cc1ccccc1)C1CCC2(CC1)CN(C(=O)O)C2. The summed E-state index contributed by atoms with van der Waals surface area (Å²) in [6.07, 6.45) is 5.99. The molecular weight excluding hydrogens is 442 g/mol. The molecule has 2 aromatic heterocycles. The average molecular weight is 470 g/mol. The first-order valence-electron chi connectivity index (χ1n) is 11.1. The lowest BCUT2D eigenvalue weighted by atomic mass is 9.67. The molecule has 1 aliphatic carbocycles. The van der Waals surface area contributed by atoms with Crippen LogP contribution in [0.15, 0.2) is 48.9 Å². The fraction of sp³-hybridized carbons (Fsp3) is 0.435. The molecule has 0 bridgehead atoms. The van der Waals surface area contributed by atoms with Crippen LogP contribution in [0.25, 0.3) is 11.0 Å². The van der Waals surface area contributed by atoms with E-state index in [2.05, 4.69) is 14.9 Å². The first-order chi connectivity index (χ1) is 15.8. The summed E-state index contributed by atoms with van der Waals surface area (Å²) < 4.78 is 27.4. The van der Waals surface area contributed by atoms with E-state index in [4.69, 9.17) is 5.11 Å². The third-order valence-electron chi connectivity index (χ3n) is 7.14. The van der Waals surface area contributed by atoms with Gasteiger partial charge in [0.25, 0.3) is 0 Å². The van der Waals surface area contributed by atoms with E-state index >= 15 is 0 Å². The lowest BCUT2D eigenvalue weighted by molar-refractivity contribution is -0.0185. The Morgan fingerprint density at radius 3 is 2.52 bits per heavy atom. The predicted molar refractivity (Wildman–Crippen MR) is 125 cm³/mol. The molecule has 1 aromatic carbocycles. The first-order valence-corrected chi connectivity index (χ1v) is 12.7. The maximum absolute atomic E-state index is 13.1. The molecule has 2 aliphatic rings. The molecule has 1 aliphatic heterocycles. The van der Waals surface area contributed by atoms with Crippen LogP contribution in [0.2, 0.25) is 0 Å². The normalized spacial score (nSPS) is 18.4. The topological polar surface area (TPSA) is 109 Å². The van der Waals surface area contributed by atoms with E-state index in [0.717, 1.165) is 37.1 Å². The number of carbonyl (C=O) groups is 1. The van der Waals surface area contributed by atoms with Crippen LogP contribution in [0.5, 0.6) is 0 Å². The Labute approximate surface area is 192 Å². The highest BCUT2D eigenvalue weighted by Gasteiger charge is 2.47. The molecule has 1 N–H and O–H groups in total. The number of nitrogens with zero attached hydrogens (tertiary/aromatic N) is 5. The maximum Gasteiger partial charge on any atom is 0.407 e. The number of benzene rings is 1. The lowest BCUT2D eigenvalue weighted by Gasteiger charge is -2.53. The second-order valence-electron chi connectivity index (χ2n) is 9.27. The Balaban J connectivity index is 1.35. The van der Waals surface area contributed by atoms with Crippen LogP contribution in [0, 0.1) is 5.41 Å². The molecule has 0 atom stereocenters. The molecule has 3 aromatic rings. The van der Waals surface area contributed by atoms with Gasteiger partial charge in [-0.25, -0.2) is 27.2 Å². The fourth-order valence-electron chi connectivity index (χ4n) is 5.26. The van der Waals surface area contributed by atoms with Gasteiger partial charge in [0.1, 0.15) is 12.1 Å². The molecular formula is C23H27N5O4S. The lowest BCUT2D eigenvalue weighted by Crippen LogP contribution is -2.60. The highest BCUT2D eigenvalue weighted by atomic mass is 32.2. The Bertz CT molecular complexity index is 1270. The first kappa shape index (κ1) is 21.7. The van der Waals surface area contributed by atoms with Crippen LogP contribution < -0.4 is 4.90 Å². The number of likely N-dealkylation sites (tertiary alicyclic amines) is 1. The van der Waals surface area contributed by atoms with E-state index < -0.39 is 16.1 Å². The van der Waals surface area contributed by atoms with Crippen LogP contribution in [0.3, 0.4) is 0 Å². The maximum atomic E-state index is 13.1. The minimum absolute atomic E-state index is 0.106. The van der Waals surface area contributed by atoms with Crippen molar-refractivity contribution in [3.8, 4) is 0 Å². The zero-order valence-electron chi connectivity index (χ0n) is 18.5. The quantitative estimate of drug-likeness (QED) is 0.611. The zero-order valence-corrected chi connectivity index (χ0v) is 19.3. The summed E-state index contributed by atoms with van der Waals surface area (Å²) in [7, 11) is -1.64. The van der Waals surface area contributed by atoms with Gasteiger partial charge >= 0.3 is 6.09 Å². The van der Waals surface area contributed by atoms with Gasteiger partial charge in [0.2, 0.25) is 10.0 Å². The Kier molecular flexibility index (Phi) is 5.27. The van der Waals surface area contributed by atoms with Crippen molar-refractivity contribution in [2.24, 2.45) is 5.41 Å². The fourth-order valence-corrected chi connectivity index (χ4v) is 6.67. The number of carboxylic acid groups (broad SMARTS) is 1. The van der Waals surface area contributed by atoms with Crippen LogP contribution >= 0.6 is 0 Å². The van der Waals surface area contributed by atoms with Crippen molar-refractivity contribution in [3.05, 3.63) is 54.5 Å². The number of hydrogen-bond acceptors (Lipinski definition) is 6. The summed E-state index contributed by atoms with van der Waals surface area (Å²) in [5.74, 6) is 0.612. The molecule has 174 valence electrons. The van der Waals surface area contributed by atoms with Crippen molar-refractivity contribution in [3.63, 3.8) is 0 Å². The Hall–Kier alpha value is -3.14. The van der Waals surface area contributed by atoms with Crippen molar-refractivity contribution < 1.29 is 18.3 Å². The monoisotopic (exact) mass is 469 g/mol. The summed E-state index contributed by atoms with van der Waals surface area (Å²) >= 11 is 0. The molecule has 1 saturated carbocycles. The van der Waals surface area contributed by atoms with Crippen molar-refractivity contribution >= 4 is 33.0 Å². The molecule has 1 spiro atoms. The molecule has 9 nitrogen and oxygen atoms in total. The van der Waals surface area contributed by atoms with E-state index in [-0.39, 0.29) is 17.2 Å². The van der Waals surface area contributed by atoms with Gasteiger partial charge in [-0.15, -0.1) is 0 Å². The predicted octanol–water partition coefficient (Wildman–Crippen LogP) is 3.17. The summed E-state index contributed by atoms with van der Waals surface area (Å²) in [6, 6.07) is 11.1. The second-order valence-corrected chi connectivity index (χ2v) is 11.1. The standard InChI is InChI=1S/C23H27N5O4S/c1-26(18-7-10-23(11-8-18)14-27(15-23)22(29)30)20-19-9-12-28(21(19)25-16-24-20)33(31,32)13-17-5-3-2-4-6-17/h2-6,9,12,16,18H,7-8,10-11,13-15H2,1H3,(H,29,30). The smallest absolute Gasteiger partial charge is 0.407 e. The second kappa shape index (κ2) is 8.02. The van der Waals surface area contributed by atoms with E-state index in [0.29, 0.717) is 24.1 Å². The van der Waals surface area contributed by atoms with Gasteiger partial charge in [0.15, 0.2) is 5.65 Å². The van der Waals surface area contributed by atoms with Gasteiger partial charge in [0, 0.05) is 37.8 Å². The van der Waals surface area contributed by atoms with Crippen molar-refractivity contribution in [1.82, 2.24) is 18.8 Å². The Morgan fingerprint density at radius 1 is 1.15 bits per heavy atom. The summed E-state index contributed by atoms with van der Waals surface area (Å²) in [6.45, 7) is 1.25. The molecule has 33 heavy (non-hydrogen) atoms. The van der Waals surface area contributed by atoms with Gasteiger partial charge in [-0.3, -0.25) is 0 Å². The minimum atomic E-state index is -3.63. The average Bonchev–Trinajstić information content (AvgIpc) is 3.23. The van der Waals surface area contributed by atoms with Crippen LogP contribution in [-0.4, -0.2) is 64.6 Å². The molecule has 1 amide bonds. The third-order valence-corrected chi connectivity index (χ3v) is 8.73. The van der Waals surface area contributed by atoms with E-state index in [1.165, 1.54) is 15.2 Å². The van der Waals surface area contributed by atoms with Gasteiger partial charge in [-0.1, -0.05) is 30.3 Å². The van der Waals surface area contributed by atoms with Gasteiger partial charge in [-0.05, 0) is 37.3 Å². The highest BCUT2D eigenvalue weighted by Crippen LogP contribution is 2.45. The van der Waals surface area contributed by atoms with Crippen molar-refractivity contribution in [1.29, 1.82) is 0 Å². The van der Waals surface area contributed by atoms with Gasteiger partial charge in [0.05, 0.1) is 11.1 Å². The van der Waals surface area contributed by atoms with E-state index in [1.807, 2.05) is 25.2 Å². The van der Waals surface area contributed by atoms with Crippen LogP contribution in [0.1, 0.15) is 31.2 Å². The summed E-state index contributed by atoms with van der Waals surface area (Å²) in [5, 5.41) is 9.84. The number of amides is 1. The zero-order chi connectivity index (χ0) is 23.2. The number of hydrogen-bond donors (Lipinski definition) is 1. The molecule has 0 radical (unpaired) electrons. The number of anilines is 1. The highest BCUT2D eigenvalue weighted by molar-refractivity contribution is 7.89. The van der Waals surface area contributed by atoms with Crippen LogP contribution in [-0.2, 0) is 15.8 Å². The summed E-state index contributed by atoms with van der Waals surface area (Å²) in [5.41, 5.74) is 1.22. The van der Waals surface area contributed by atoms with Gasteiger partial charge < -0.3 is 14.9 Å². The molecule has 2 fully saturated rings.